The summed E-state index contributed by atoms with van der Waals surface area (Å²) in [5.74, 6) is -1.10. The van der Waals surface area contributed by atoms with Crippen LogP contribution in [0.5, 0.6) is 0 Å². The van der Waals surface area contributed by atoms with Crippen LogP contribution in [0.15, 0.2) is 54.6 Å². The lowest BCUT2D eigenvalue weighted by Crippen LogP contribution is -2.21. The molecule has 3 aromatic rings. The third kappa shape index (κ3) is 8.68. The van der Waals surface area contributed by atoms with E-state index in [-0.39, 0.29) is 25.5 Å². The van der Waals surface area contributed by atoms with Crippen molar-refractivity contribution >= 4 is 22.9 Å². The molecule has 8 nitrogen and oxygen atoms in total. The van der Waals surface area contributed by atoms with Crippen LogP contribution in [-0.4, -0.2) is 75.0 Å². The van der Waals surface area contributed by atoms with Crippen molar-refractivity contribution in [2.24, 2.45) is 0 Å². The maximum absolute atomic E-state index is 13.6. The van der Waals surface area contributed by atoms with Crippen molar-refractivity contribution in [3.05, 3.63) is 71.7 Å². The Kier molecular flexibility index (Phi) is 11.3. The summed E-state index contributed by atoms with van der Waals surface area (Å²) in [6.07, 6.45) is 2.80. The van der Waals surface area contributed by atoms with Gasteiger partial charge >= 0.3 is 5.97 Å². The number of aromatic nitrogens is 1. The third-order valence-electron chi connectivity index (χ3n) is 6.04. The number of hydrogen-bond donors (Lipinski definition) is 6. The Labute approximate surface area is 221 Å². The predicted molar refractivity (Wildman–Crippen MR) is 144 cm³/mol. The minimum absolute atomic E-state index is 0.0749. The number of carbonyl (C=O) groups is 1. The number of nitrogens with zero attached hydrogens (tertiary/aromatic N) is 1. The standard InChI is InChI=1S/C25H24FNO4.C4H11NO2/c26-17-9-7-15(8-10-17)24-20-3-1-2-4-22(20)27-25(16-5-6-16)21(24)12-11-18(28)13-19(29)14-23(30)31;6-3-1-5-2-4-7/h1-4,7-12,16,18-19,28-29H,5-6,13-14H2,(H,30,31);5-7H,1-4H2/b12-11+;/t18-,19-;/m1./s1. The highest BCUT2D eigenvalue weighted by molar-refractivity contribution is 5.99. The summed E-state index contributed by atoms with van der Waals surface area (Å²) < 4.78 is 13.6. The average Bonchev–Trinajstić information content (AvgIpc) is 3.73. The van der Waals surface area contributed by atoms with Gasteiger partial charge in [0.2, 0.25) is 0 Å². The van der Waals surface area contributed by atoms with Gasteiger partial charge in [-0.25, -0.2) is 4.39 Å². The van der Waals surface area contributed by atoms with Gasteiger partial charge in [0.25, 0.3) is 0 Å². The van der Waals surface area contributed by atoms with Crippen molar-refractivity contribution in [1.82, 2.24) is 10.3 Å². The van der Waals surface area contributed by atoms with Crippen molar-refractivity contribution in [3.63, 3.8) is 0 Å². The lowest BCUT2D eigenvalue weighted by atomic mass is 9.92. The normalized spacial score (nSPS) is 14.8. The zero-order chi connectivity index (χ0) is 27.5. The van der Waals surface area contributed by atoms with E-state index in [1.165, 1.54) is 12.1 Å². The molecule has 2 aromatic carbocycles. The summed E-state index contributed by atoms with van der Waals surface area (Å²) in [7, 11) is 0. The van der Waals surface area contributed by atoms with Gasteiger partial charge in [0, 0.05) is 41.9 Å². The maximum atomic E-state index is 13.6. The lowest BCUT2D eigenvalue weighted by molar-refractivity contribution is -0.139. The van der Waals surface area contributed by atoms with Crippen molar-refractivity contribution in [2.45, 2.75) is 43.8 Å². The molecule has 0 aliphatic heterocycles. The van der Waals surface area contributed by atoms with Gasteiger partial charge < -0.3 is 30.8 Å². The maximum Gasteiger partial charge on any atom is 0.305 e. The molecule has 38 heavy (non-hydrogen) atoms. The molecule has 1 heterocycles. The highest BCUT2D eigenvalue weighted by atomic mass is 19.1. The molecule has 0 bridgehead atoms. The van der Waals surface area contributed by atoms with Crippen LogP contribution in [0.25, 0.3) is 28.1 Å². The predicted octanol–water partition coefficient (Wildman–Crippen LogP) is 3.08. The molecule has 1 fully saturated rings. The summed E-state index contributed by atoms with van der Waals surface area (Å²) in [6.45, 7) is 1.42. The van der Waals surface area contributed by atoms with Crippen LogP contribution < -0.4 is 5.32 Å². The number of para-hydroxylation sites is 1. The molecule has 0 unspecified atom stereocenters. The molecule has 2 atom stereocenters. The highest BCUT2D eigenvalue weighted by Gasteiger charge is 2.29. The molecule has 9 heteroatoms. The van der Waals surface area contributed by atoms with Crippen molar-refractivity contribution in [1.29, 1.82) is 0 Å². The van der Waals surface area contributed by atoms with Gasteiger partial charge in [0.15, 0.2) is 0 Å². The van der Waals surface area contributed by atoms with Crippen molar-refractivity contribution < 1.29 is 34.7 Å². The summed E-state index contributed by atoms with van der Waals surface area (Å²) in [5.41, 5.74) is 4.43. The first-order valence-corrected chi connectivity index (χ1v) is 12.7. The summed E-state index contributed by atoms with van der Waals surface area (Å²) >= 11 is 0. The Morgan fingerprint density at radius 3 is 2.32 bits per heavy atom. The van der Waals surface area contributed by atoms with Gasteiger partial charge in [-0.05, 0) is 36.6 Å². The van der Waals surface area contributed by atoms with Crippen LogP contribution >= 0.6 is 0 Å². The smallest absolute Gasteiger partial charge is 0.305 e. The van der Waals surface area contributed by atoms with Crippen LogP contribution in [-0.2, 0) is 4.79 Å². The minimum atomic E-state index is -1.13. The number of rotatable bonds is 12. The number of aliphatic hydroxyl groups is 4. The molecule has 1 aliphatic carbocycles. The first-order chi connectivity index (χ1) is 18.3. The molecule has 0 spiro atoms. The second-order valence-electron chi connectivity index (χ2n) is 9.20. The van der Waals surface area contributed by atoms with Crippen LogP contribution in [0.2, 0.25) is 0 Å². The third-order valence-corrected chi connectivity index (χ3v) is 6.04. The molecule has 204 valence electrons. The number of pyridine rings is 1. The van der Waals surface area contributed by atoms with Crippen LogP contribution in [0.4, 0.5) is 4.39 Å². The molecule has 0 saturated heterocycles. The Hall–Kier alpha value is -3.21. The fourth-order valence-electron chi connectivity index (χ4n) is 4.14. The van der Waals surface area contributed by atoms with Gasteiger partial charge in [-0.2, -0.15) is 0 Å². The van der Waals surface area contributed by atoms with Gasteiger partial charge in [-0.1, -0.05) is 42.5 Å². The molecule has 6 N–H and O–H groups in total. The Morgan fingerprint density at radius 2 is 1.71 bits per heavy atom. The summed E-state index contributed by atoms with van der Waals surface area (Å²) in [5, 5.41) is 49.0. The number of aliphatic hydroxyl groups excluding tert-OH is 4. The van der Waals surface area contributed by atoms with Crippen molar-refractivity contribution in [3.8, 4) is 11.1 Å². The van der Waals surface area contributed by atoms with E-state index in [0.717, 1.165) is 46.1 Å². The fourth-order valence-corrected chi connectivity index (χ4v) is 4.14. The van der Waals surface area contributed by atoms with Crippen LogP contribution in [0.1, 0.15) is 42.9 Å². The van der Waals surface area contributed by atoms with Gasteiger partial charge in [0.1, 0.15) is 5.82 Å². The first kappa shape index (κ1) is 29.3. The number of carboxylic acids is 1. The van der Waals surface area contributed by atoms with Crippen LogP contribution in [0, 0.1) is 5.82 Å². The largest absolute Gasteiger partial charge is 0.481 e. The Bertz CT molecular complexity index is 1210. The highest BCUT2D eigenvalue weighted by Crippen LogP contribution is 2.45. The number of nitrogens with one attached hydrogen (secondary N) is 1. The zero-order valence-corrected chi connectivity index (χ0v) is 21.1. The SMILES string of the molecule is O=C(O)C[C@H](O)C[C@H](O)/C=C/c1c(C2CC2)nc2ccccc2c1-c1ccc(F)cc1.OCCNCCO. The second-order valence-corrected chi connectivity index (χ2v) is 9.20. The number of hydrogen-bond acceptors (Lipinski definition) is 7. The number of benzene rings is 2. The van der Waals surface area contributed by atoms with E-state index in [0.29, 0.717) is 19.0 Å². The number of fused-ring (bicyclic) bond motifs is 1. The molecule has 0 radical (unpaired) electrons. The van der Waals surface area contributed by atoms with E-state index in [1.807, 2.05) is 24.3 Å². The minimum Gasteiger partial charge on any atom is -0.481 e. The average molecular weight is 527 g/mol. The number of carboxylic acid groups (broad SMARTS) is 1. The van der Waals surface area contributed by atoms with Gasteiger partial charge in [-0.15, -0.1) is 0 Å². The van der Waals surface area contributed by atoms with Gasteiger partial charge in [0.05, 0.1) is 43.1 Å². The van der Waals surface area contributed by atoms with E-state index in [2.05, 4.69) is 5.32 Å². The van der Waals surface area contributed by atoms with E-state index < -0.39 is 24.6 Å². The van der Waals surface area contributed by atoms with E-state index in [9.17, 15) is 19.4 Å². The molecular formula is C29H35FN2O6. The van der Waals surface area contributed by atoms with E-state index in [1.54, 1.807) is 24.3 Å². The number of aliphatic carboxylic acids is 1. The molecule has 1 saturated carbocycles. The van der Waals surface area contributed by atoms with Crippen molar-refractivity contribution in [2.75, 3.05) is 26.3 Å². The Morgan fingerprint density at radius 1 is 1.05 bits per heavy atom. The Balaban J connectivity index is 0.000000505. The lowest BCUT2D eigenvalue weighted by Gasteiger charge is -2.16. The zero-order valence-electron chi connectivity index (χ0n) is 21.1. The topological polar surface area (TPSA) is 143 Å². The second kappa shape index (κ2) is 14.7. The monoisotopic (exact) mass is 526 g/mol. The molecule has 1 aliphatic rings. The summed E-state index contributed by atoms with van der Waals surface area (Å²) in [6, 6.07) is 14.1. The van der Waals surface area contributed by atoms with Crippen LogP contribution in [0.3, 0.4) is 0 Å². The fraction of sp³-hybridized carbons (Fsp3) is 0.379. The quantitative estimate of drug-likeness (QED) is 0.198. The molecular weight excluding hydrogens is 491 g/mol. The molecule has 0 amide bonds. The van der Waals surface area contributed by atoms with E-state index in [4.69, 9.17) is 20.3 Å². The summed E-state index contributed by atoms with van der Waals surface area (Å²) in [4.78, 5) is 15.6. The number of halogens is 1. The first-order valence-electron chi connectivity index (χ1n) is 12.7. The van der Waals surface area contributed by atoms with E-state index >= 15 is 0 Å². The van der Waals surface area contributed by atoms with Gasteiger partial charge in [-0.3, -0.25) is 9.78 Å². The molecule has 1 aromatic heterocycles. The molecule has 4 rings (SSSR count).